The molecule has 0 aromatic carbocycles. The number of rotatable bonds is 1. The van der Waals surface area contributed by atoms with Crippen LogP contribution in [0.2, 0.25) is 0 Å². The van der Waals surface area contributed by atoms with Crippen molar-refractivity contribution in [1.82, 2.24) is 0 Å². The van der Waals surface area contributed by atoms with Gasteiger partial charge in [0.25, 0.3) is 0 Å². The maximum absolute atomic E-state index is 8.46. The number of thiophene rings is 1. The summed E-state index contributed by atoms with van der Waals surface area (Å²) >= 11 is 1.53. The summed E-state index contributed by atoms with van der Waals surface area (Å²) in [6.07, 6.45) is 0. The number of hydrogen-bond acceptors (Lipinski definition) is 3. The molecule has 0 spiro atoms. The lowest BCUT2D eigenvalue weighted by molar-refractivity contribution is 0.941. The Kier molecular flexibility index (Phi) is 2.05. The third-order valence-corrected chi connectivity index (χ3v) is 2.43. The van der Waals surface area contributed by atoms with Crippen LogP contribution in [0, 0.1) is 18.3 Å². The molecule has 1 heterocycles. The quantitative estimate of drug-likeness (QED) is 0.664. The molecule has 0 fully saturated rings. The lowest BCUT2D eigenvalue weighted by Crippen LogP contribution is -2.05. The molecule has 2 nitrogen and oxygen atoms in total. The summed E-state index contributed by atoms with van der Waals surface area (Å²) in [7, 11) is 0. The normalized spacial score (nSPS) is 12.5. The maximum atomic E-state index is 8.46. The zero-order valence-electron chi connectivity index (χ0n) is 5.66. The molecule has 0 bridgehead atoms. The summed E-state index contributed by atoms with van der Waals surface area (Å²) in [5.74, 6) is 0. The molecular formula is C7H8N2S. The largest absolute Gasteiger partial charge is 0.312 e. The van der Waals surface area contributed by atoms with Gasteiger partial charge in [-0.3, -0.25) is 0 Å². The summed E-state index contributed by atoms with van der Waals surface area (Å²) in [6.45, 7) is 1.96. The van der Waals surface area contributed by atoms with Gasteiger partial charge in [0.2, 0.25) is 0 Å². The molecule has 52 valence electrons. The van der Waals surface area contributed by atoms with E-state index in [1.165, 1.54) is 11.3 Å². The molecular weight excluding hydrogens is 144 g/mol. The van der Waals surface area contributed by atoms with Gasteiger partial charge in [-0.05, 0) is 23.9 Å². The van der Waals surface area contributed by atoms with Crippen LogP contribution in [0.25, 0.3) is 0 Å². The van der Waals surface area contributed by atoms with Crippen molar-refractivity contribution in [3.8, 4) is 6.07 Å². The highest BCUT2D eigenvalue weighted by atomic mass is 32.1. The van der Waals surface area contributed by atoms with E-state index in [1.807, 2.05) is 24.4 Å². The van der Waals surface area contributed by atoms with Gasteiger partial charge in [-0.1, -0.05) is 0 Å². The molecule has 1 rings (SSSR count). The van der Waals surface area contributed by atoms with Gasteiger partial charge in [0.1, 0.15) is 6.04 Å². The van der Waals surface area contributed by atoms with Crippen molar-refractivity contribution >= 4 is 11.3 Å². The van der Waals surface area contributed by atoms with Crippen LogP contribution in [0.15, 0.2) is 11.4 Å². The Bertz CT molecular complexity index is 259. The van der Waals surface area contributed by atoms with E-state index in [2.05, 4.69) is 0 Å². The molecule has 0 aliphatic heterocycles. The molecule has 1 aromatic heterocycles. The Morgan fingerprint density at radius 3 is 2.90 bits per heavy atom. The molecule has 0 saturated heterocycles. The molecule has 1 aromatic rings. The van der Waals surface area contributed by atoms with Gasteiger partial charge in [0.05, 0.1) is 6.07 Å². The number of nitrogens with zero attached hydrogens (tertiary/aromatic N) is 1. The fraction of sp³-hybridized carbons (Fsp3) is 0.286. The highest BCUT2D eigenvalue weighted by molar-refractivity contribution is 7.10. The standard InChI is InChI=1S/C7H8N2S/c1-5-2-3-10-7(5)6(9)4-8/h2-3,6H,9H2,1H3. The molecule has 2 N–H and O–H groups in total. The Hall–Kier alpha value is -0.850. The van der Waals surface area contributed by atoms with Gasteiger partial charge >= 0.3 is 0 Å². The zero-order chi connectivity index (χ0) is 7.56. The van der Waals surface area contributed by atoms with E-state index in [-0.39, 0.29) is 0 Å². The highest BCUT2D eigenvalue weighted by Gasteiger charge is 2.07. The fourth-order valence-corrected chi connectivity index (χ4v) is 1.63. The number of nitriles is 1. The van der Waals surface area contributed by atoms with Crippen LogP contribution in [-0.4, -0.2) is 0 Å². The smallest absolute Gasteiger partial charge is 0.128 e. The van der Waals surface area contributed by atoms with E-state index >= 15 is 0 Å². The number of nitrogens with two attached hydrogens (primary N) is 1. The average Bonchev–Trinajstić information content (AvgIpc) is 2.34. The third-order valence-electron chi connectivity index (χ3n) is 1.32. The highest BCUT2D eigenvalue weighted by Crippen LogP contribution is 2.20. The molecule has 0 radical (unpaired) electrons. The van der Waals surface area contributed by atoms with Crippen molar-refractivity contribution in [2.45, 2.75) is 13.0 Å². The van der Waals surface area contributed by atoms with Crippen LogP contribution in [-0.2, 0) is 0 Å². The van der Waals surface area contributed by atoms with E-state index < -0.39 is 6.04 Å². The predicted octanol–water partition coefficient (Wildman–Crippen LogP) is 1.58. The predicted molar refractivity (Wildman–Crippen MR) is 41.6 cm³/mol. The van der Waals surface area contributed by atoms with Gasteiger partial charge in [-0.25, -0.2) is 0 Å². The minimum absolute atomic E-state index is 0.444. The summed E-state index contributed by atoms with van der Waals surface area (Å²) in [4.78, 5) is 0.975. The first-order valence-electron chi connectivity index (χ1n) is 2.95. The van der Waals surface area contributed by atoms with E-state index in [0.717, 1.165) is 10.4 Å². The van der Waals surface area contributed by atoms with Crippen molar-refractivity contribution in [1.29, 1.82) is 5.26 Å². The maximum Gasteiger partial charge on any atom is 0.128 e. The van der Waals surface area contributed by atoms with Crippen molar-refractivity contribution in [3.63, 3.8) is 0 Å². The SMILES string of the molecule is Cc1ccsc1C(N)C#N. The monoisotopic (exact) mass is 152 g/mol. The summed E-state index contributed by atoms with van der Waals surface area (Å²) < 4.78 is 0. The molecule has 0 amide bonds. The Morgan fingerprint density at radius 2 is 2.50 bits per heavy atom. The summed E-state index contributed by atoms with van der Waals surface area (Å²) in [5.41, 5.74) is 6.60. The molecule has 1 unspecified atom stereocenters. The van der Waals surface area contributed by atoms with Gasteiger partial charge in [-0.15, -0.1) is 11.3 Å². The molecule has 0 aliphatic rings. The third kappa shape index (κ3) is 1.18. The number of aryl methyl sites for hydroxylation is 1. The van der Waals surface area contributed by atoms with Crippen LogP contribution in [0.5, 0.6) is 0 Å². The Morgan fingerprint density at radius 1 is 1.80 bits per heavy atom. The Balaban J connectivity index is 2.96. The van der Waals surface area contributed by atoms with Crippen molar-refractivity contribution in [3.05, 3.63) is 21.9 Å². The Labute approximate surface area is 63.9 Å². The first-order valence-corrected chi connectivity index (χ1v) is 3.83. The van der Waals surface area contributed by atoms with Crippen LogP contribution in [0.3, 0.4) is 0 Å². The first kappa shape index (κ1) is 7.26. The van der Waals surface area contributed by atoms with Crippen LogP contribution in [0.1, 0.15) is 16.5 Å². The van der Waals surface area contributed by atoms with Gasteiger partial charge in [0, 0.05) is 4.88 Å². The minimum Gasteiger partial charge on any atom is -0.312 e. The number of hydrogen-bond donors (Lipinski definition) is 1. The van der Waals surface area contributed by atoms with Gasteiger partial charge < -0.3 is 5.73 Å². The van der Waals surface area contributed by atoms with Crippen LogP contribution < -0.4 is 5.73 Å². The second-order valence-corrected chi connectivity index (χ2v) is 3.02. The molecule has 0 saturated carbocycles. The summed E-state index contributed by atoms with van der Waals surface area (Å²) in [5, 5.41) is 10.4. The molecule has 10 heavy (non-hydrogen) atoms. The molecule has 0 aliphatic carbocycles. The second-order valence-electron chi connectivity index (χ2n) is 2.07. The van der Waals surface area contributed by atoms with Crippen molar-refractivity contribution < 1.29 is 0 Å². The second kappa shape index (κ2) is 2.82. The van der Waals surface area contributed by atoms with E-state index in [0.29, 0.717) is 0 Å². The average molecular weight is 152 g/mol. The van der Waals surface area contributed by atoms with Crippen molar-refractivity contribution in [2.75, 3.05) is 0 Å². The van der Waals surface area contributed by atoms with E-state index in [9.17, 15) is 0 Å². The summed E-state index contributed by atoms with van der Waals surface area (Å²) in [6, 6.07) is 3.52. The van der Waals surface area contributed by atoms with E-state index in [4.69, 9.17) is 11.0 Å². The molecule has 1 atom stereocenters. The lowest BCUT2D eigenvalue weighted by atomic mass is 10.2. The lowest BCUT2D eigenvalue weighted by Gasteiger charge is -1.98. The van der Waals surface area contributed by atoms with Crippen LogP contribution in [0.4, 0.5) is 0 Å². The zero-order valence-corrected chi connectivity index (χ0v) is 6.48. The first-order chi connectivity index (χ1) is 4.75. The topological polar surface area (TPSA) is 49.8 Å². The fourth-order valence-electron chi connectivity index (χ4n) is 0.762. The van der Waals surface area contributed by atoms with Crippen LogP contribution >= 0.6 is 11.3 Å². The minimum atomic E-state index is -0.444. The van der Waals surface area contributed by atoms with E-state index in [1.54, 1.807) is 0 Å². The van der Waals surface area contributed by atoms with Gasteiger partial charge in [0.15, 0.2) is 0 Å². The molecule has 3 heteroatoms. The van der Waals surface area contributed by atoms with Gasteiger partial charge in [-0.2, -0.15) is 5.26 Å². The van der Waals surface area contributed by atoms with Crippen molar-refractivity contribution in [2.24, 2.45) is 5.73 Å².